The molecule has 0 aliphatic rings. The smallest absolute Gasteiger partial charge is 0.165 e. The third kappa shape index (κ3) is 5.40. The monoisotopic (exact) mass is 732 g/mol. The molecule has 0 N–H and O–H groups in total. The molecule has 0 unspecified atom stereocenters. The number of thiophene rings is 1. The van der Waals surface area contributed by atoms with E-state index in [-0.39, 0.29) is 0 Å². The van der Waals surface area contributed by atoms with Crippen molar-refractivity contribution in [1.82, 2.24) is 19.5 Å². The molecule has 0 saturated heterocycles. The quantitative estimate of drug-likeness (QED) is 0.171. The summed E-state index contributed by atoms with van der Waals surface area (Å²) in [4.78, 5) is 15.1. The average molecular weight is 733 g/mol. The maximum Gasteiger partial charge on any atom is 0.165 e. The molecule has 0 aliphatic heterocycles. The predicted octanol–water partition coefficient (Wildman–Crippen LogP) is 13.7. The molecule has 8 aromatic carbocycles. The lowest BCUT2D eigenvalue weighted by Crippen LogP contribution is -2.00. The molecule has 11 rings (SSSR count). The molecule has 0 amide bonds. The van der Waals surface area contributed by atoms with Crippen LogP contribution in [0, 0.1) is 0 Å². The van der Waals surface area contributed by atoms with E-state index in [1.54, 1.807) is 0 Å². The van der Waals surface area contributed by atoms with Crippen LogP contribution in [0.25, 0.3) is 104 Å². The SMILES string of the molecule is c1ccc(-c2nc(-c3ccccc3)nc(-c3cccc4c3sc3c(-c5ccc(-c6ccc7c(c6)c6ccccc6n7-c6ccccc6)cc5)cccc34)n2)cc1. The van der Waals surface area contributed by atoms with E-state index in [1.807, 2.05) is 72.0 Å². The Morgan fingerprint density at radius 1 is 0.321 bits per heavy atom. The number of hydrogen-bond acceptors (Lipinski definition) is 4. The van der Waals surface area contributed by atoms with E-state index < -0.39 is 0 Å². The highest BCUT2D eigenvalue weighted by molar-refractivity contribution is 7.26. The first-order chi connectivity index (χ1) is 27.8. The van der Waals surface area contributed by atoms with Gasteiger partial charge < -0.3 is 4.57 Å². The highest BCUT2D eigenvalue weighted by Gasteiger charge is 2.18. The molecule has 0 atom stereocenters. The van der Waals surface area contributed by atoms with Crippen LogP contribution in [0.1, 0.15) is 0 Å². The Hall–Kier alpha value is -7.21. The second-order valence-electron chi connectivity index (χ2n) is 14.0. The van der Waals surface area contributed by atoms with Gasteiger partial charge in [-0.1, -0.05) is 158 Å². The van der Waals surface area contributed by atoms with Gasteiger partial charge >= 0.3 is 0 Å². The molecule has 0 aliphatic carbocycles. The Balaban J connectivity index is 1.00. The van der Waals surface area contributed by atoms with Gasteiger partial charge in [0.25, 0.3) is 0 Å². The summed E-state index contributed by atoms with van der Waals surface area (Å²) in [6.45, 7) is 0. The molecule has 56 heavy (non-hydrogen) atoms. The minimum atomic E-state index is 0.662. The van der Waals surface area contributed by atoms with Crippen LogP contribution in [0.3, 0.4) is 0 Å². The van der Waals surface area contributed by atoms with Crippen LogP contribution in [-0.4, -0.2) is 19.5 Å². The molecule has 4 nitrogen and oxygen atoms in total. The van der Waals surface area contributed by atoms with Crippen LogP contribution < -0.4 is 0 Å². The summed E-state index contributed by atoms with van der Waals surface area (Å²) in [5.41, 5.74) is 11.3. The molecule has 0 saturated carbocycles. The Bertz CT molecular complexity index is 3160. The van der Waals surface area contributed by atoms with Crippen molar-refractivity contribution < 1.29 is 0 Å². The molecule has 262 valence electrons. The second-order valence-corrected chi connectivity index (χ2v) is 15.0. The van der Waals surface area contributed by atoms with Crippen LogP contribution >= 0.6 is 11.3 Å². The van der Waals surface area contributed by atoms with Crippen LogP contribution in [0.15, 0.2) is 194 Å². The second kappa shape index (κ2) is 13.3. The lowest BCUT2D eigenvalue weighted by molar-refractivity contribution is 1.08. The minimum Gasteiger partial charge on any atom is -0.309 e. The first kappa shape index (κ1) is 32.2. The van der Waals surface area contributed by atoms with Crippen molar-refractivity contribution in [2.75, 3.05) is 0 Å². The zero-order valence-corrected chi connectivity index (χ0v) is 31.0. The van der Waals surface area contributed by atoms with Crippen molar-refractivity contribution >= 4 is 53.3 Å². The predicted molar refractivity (Wildman–Crippen MR) is 234 cm³/mol. The Kier molecular flexibility index (Phi) is 7.64. The third-order valence-electron chi connectivity index (χ3n) is 10.7. The normalized spacial score (nSPS) is 11.6. The largest absolute Gasteiger partial charge is 0.309 e. The summed E-state index contributed by atoms with van der Waals surface area (Å²) in [7, 11) is 0. The average Bonchev–Trinajstić information content (AvgIpc) is 3.83. The number of para-hydroxylation sites is 2. The van der Waals surface area contributed by atoms with Crippen LogP contribution in [-0.2, 0) is 0 Å². The van der Waals surface area contributed by atoms with Gasteiger partial charge in [0, 0.05) is 53.3 Å². The van der Waals surface area contributed by atoms with Gasteiger partial charge in [-0.25, -0.2) is 15.0 Å². The number of nitrogens with zero attached hydrogens (tertiary/aromatic N) is 4. The summed E-state index contributed by atoms with van der Waals surface area (Å²) < 4.78 is 4.78. The number of rotatable bonds is 6. The van der Waals surface area contributed by atoms with Gasteiger partial charge in [-0.2, -0.15) is 0 Å². The Labute approximate surface area is 327 Å². The van der Waals surface area contributed by atoms with Gasteiger partial charge in [-0.15, -0.1) is 11.3 Å². The third-order valence-corrected chi connectivity index (χ3v) is 12.0. The highest BCUT2D eigenvalue weighted by atomic mass is 32.1. The van der Waals surface area contributed by atoms with E-state index in [0.29, 0.717) is 17.5 Å². The summed E-state index contributed by atoms with van der Waals surface area (Å²) >= 11 is 1.81. The first-order valence-electron chi connectivity index (χ1n) is 18.8. The van der Waals surface area contributed by atoms with Gasteiger partial charge in [0.05, 0.1) is 11.0 Å². The number of fused-ring (bicyclic) bond motifs is 6. The van der Waals surface area contributed by atoms with Crippen LogP contribution in [0.5, 0.6) is 0 Å². The fraction of sp³-hybridized carbons (Fsp3) is 0. The zero-order valence-electron chi connectivity index (χ0n) is 30.2. The lowest BCUT2D eigenvalue weighted by Gasteiger charge is -2.09. The topological polar surface area (TPSA) is 43.6 Å². The van der Waals surface area contributed by atoms with E-state index in [1.165, 1.54) is 69.9 Å². The molecule has 3 aromatic heterocycles. The fourth-order valence-electron chi connectivity index (χ4n) is 8.00. The summed E-state index contributed by atoms with van der Waals surface area (Å²) in [5.74, 6) is 1.99. The molecule has 11 aromatic rings. The van der Waals surface area contributed by atoms with E-state index in [9.17, 15) is 0 Å². The Morgan fingerprint density at radius 3 is 1.50 bits per heavy atom. The van der Waals surface area contributed by atoms with Gasteiger partial charge in [-0.3, -0.25) is 0 Å². The number of hydrogen-bond donors (Lipinski definition) is 0. The van der Waals surface area contributed by atoms with Crippen molar-refractivity contribution in [2.45, 2.75) is 0 Å². The van der Waals surface area contributed by atoms with Gasteiger partial charge in [0.15, 0.2) is 17.5 Å². The van der Waals surface area contributed by atoms with Crippen LogP contribution in [0.4, 0.5) is 0 Å². The molecule has 0 spiro atoms. The van der Waals surface area contributed by atoms with E-state index in [0.717, 1.165) is 16.7 Å². The fourth-order valence-corrected chi connectivity index (χ4v) is 9.35. The molecule has 0 bridgehead atoms. The summed E-state index contributed by atoms with van der Waals surface area (Å²) in [5, 5.41) is 4.94. The van der Waals surface area contributed by atoms with Crippen molar-refractivity contribution in [3.05, 3.63) is 194 Å². The first-order valence-corrected chi connectivity index (χ1v) is 19.6. The molecule has 5 heteroatoms. The van der Waals surface area contributed by atoms with Crippen molar-refractivity contribution in [3.8, 4) is 62.1 Å². The Morgan fingerprint density at radius 2 is 0.821 bits per heavy atom. The summed E-state index contributed by atoms with van der Waals surface area (Å²) in [6.07, 6.45) is 0. The number of aromatic nitrogens is 4. The maximum absolute atomic E-state index is 5.07. The zero-order chi connectivity index (χ0) is 37.0. The minimum absolute atomic E-state index is 0.662. The molecule has 0 fully saturated rings. The molecule has 3 heterocycles. The lowest BCUT2D eigenvalue weighted by atomic mass is 9.98. The van der Waals surface area contributed by atoms with Gasteiger partial charge in [0.1, 0.15) is 0 Å². The van der Waals surface area contributed by atoms with Gasteiger partial charge in [0.2, 0.25) is 0 Å². The molecule has 0 radical (unpaired) electrons. The number of benzene rings is 8. The maximum atomic E-state index is 5.07. The molecular weight excluding hydrogens is 701 g/mol. The molecular formula is C51H32N4S. The standard InChI is InChI=1S/C51H32N4S/c1-4-14-35(15-5-1)49-52-50(36-16-6-2-7-17-36)54-51(53-49)43-24-13-23-42-41-22-12-21-39(47(41)56-48(42)43)34-28-26-33(27-29-34)37-30-31-46-44(32-37)40-20-10-11-25-45(40)55(46)38-18-8-3-9-19-38/h1-32H. The van der Waals surface area contributed by atoms with Crippen molar-refractivity contribution in [1.29, 1.82) is 0 Å². The van der Waals surface area contributed by atoms with E-state index in [4.69, 9.17) is 15.0 Å². The van der Waals surface area contributed by atoms with Gasteiger partial charge in [-0.05, 0) is 58.7 Å². The van der Waals surface area contributed by atoms with E-state index in [2.05, 4.69) is 138 Å². The summed E-state index contributed by atoms with van der Waals surface area (Å²) in [6, 6.07) is 68.6. The van der Waals surface area contributed by atoms with E-state index >= 15 is 0 Å². The van der Waals surface area contributed by atoms with Crippen LogP contribution in [0.2, 0.25) is 0 Å². The van der Waals surface area contributed by atoms with Crippen molar-refractivity contribution in [2.24, 2.45) is 0 Å². The highest BCUT2D eigenvalue weighted by Crippen LogP contribution is 2.44. The van der Waals surface area contributed by atoms with Crippen molar-refractivity contribution in [3.63, 3.8) is 0 Å².